The number of pyridine rings is 1. The van der Waals surface area contributed by atoms with Crippen LogP contribution in [0.2, 0.25) is 0 Å². The van der Waals surface area contributed by atoms with Crippen molar-refractivity contribution in [3.8, 4) is 0 Å². The third kappa shape index (κ3) is 2.17. The summed E-state index contributed by atoms with van der Waals surface area (Å²) in [5.41, 5.74) is 1.17. The molecule has 0 atom stereocenters. The number of nitrogens with one attached hydrogen (secondary N) is 1. The first-order chi connectivity index (χ1) is 8.68. The summed E-state index contributed by atoms with van der Waals surface area (Å²) >= 11 is 0. The van der Waals surface area contributed by atoms with E-state index in [2.05, 4.69) is 38.0 Å². The summed E-state index contributed by atoms with van der Waals surface area (Å²) in [6, 6.07) is 3.18. The highest BCUT2D eigenvalue weighted by Gasteiger charge is 2.64. The predicted molar refractivity (Wildman–Crippen MR) is 75.2 cm³/mol. The maximum atomic E-state index is 10.7. The van der Waals surface area contributed by atoms with Gasteiger partial charge in [-0.15, -0.1) is 0 Å². The Bertz CT molecular complexity index is 509. The van der Waals surface area contributed by atoms with Crippen LogP contribution in [-0.4, -0.2) is 16.5 Å². The van der Waals surface area contributed by atoms with Gasteiger partial charge in [-0.05, 0) is 29.7 Å². The number of anilines is 1. The van der Waals surface area contributed by atoms with E-state index in [0.717, 1.165) is 6.54 Å². The highest BCUT2D eigenvalue weighted by atomic mass is 16.6. The average Bonchev–Trinajstić information content (AvgIpc) is 2.66. The lowest BCUT2D eigenvalue weighted by Crippen LogP contribution is -2.10. The van der Waals surface area contributed by atoms with Crippen LogP contribution in [0.4, 0.5) is 11.5 Å². The molecule has 1 aliphatic carbocycles. The monoisotopic (exact) mass is 263 g/mol. The topological polar surface area (TPSA) is 68.1 Å². The van der Waals surface area contributed by atoms with Crippen LogP contribution in [0, 0.1) is 33.8 Å². The first-order valence-electron chi connectivity index (χ1n) is 6.54. The van der Waals surface area contributed by atoms with Gasteiger partial charge in [0, 0.05) is 12.6 Å². The molecule has 2 rings (SSSR count). The molecule has 1 fully saturated rings. The Labute approximate surface area is 113 Å². The molecule has 0 aromatic carbocycles. The van der Waals surface area contributed by atoms with Crippen molar-refractivity contribution in [2.45, 2.75) is 34.6 Å². The van der Waals surface area contributed by atoms with Crippen molar-refractivity contribution in [2.24, 2.45) is 16.7 Å². The van der Waals surface area contributed by atoms with Crippen molar-refractivity contribution in [1.29, 1.82) is 0 Å². The standard InChI is InChI=1S/C14H21N3O2/c1-9-10(17(18)19)6-7-12(16-9)15-8-11-13(2,3)14(11,4)5/h6-7,11H,8H2,1-5H3,(H,15,16). The molecular formula is C14H21N3O2. The minimum atomic E-state index is -0.404. The predicted octanol–water partition coefficient (Wildman–Crippen LogP) is 3.39. The maximum Gasteiger partial charge on any atom is 0.290 e. The summed E-state index contributed by atoms with van der Waals surface area (Å²) in [6.45, 7) is 11.6. The van der Waals surface area contributed by atoms with Crippen LogP contribution in [0.3, 0.4) is 0 Å². The number of rotatable bonds is 4. The quantitative estimate of drug-likeness (QED) is 0.667. The lowest BCUT2D eigenvalue weighted by atomic mass is 10.0. The zero-order valence-corrected chi connectivity index (χ0v) is 12.2. The number of aromatic nitrogens is 1. The number of nitrogens with zero attached hydrogens (tertiary/aromatic N) is 2. The van der Waals surface area contributed by atoms with Gasteiger partial charge >= 0.3 is 0 Å². The molecule has 0 amide bonds. The first-order valence-corrected chi connectivity index (χ1v) is 6.54. The molecular weight excluding hydrogens is 242 g/mol. The summed E-state index contributed by atoms with van der Waals surface area (Å²) in [4.78, 5) is 14.6. The number of hydrogen-bond acceptors (Lipinski definition) is 4. The van der Waals surface area contributed by atoms with Gasteiger partial charge < -0.3 is 5.32 Å². The summed E-state index contributed by atoms with van der Waals surface area (Å²) in [5, 5.41) is 14.0. The van der Waals surface area contributed by atoms with Gasteiger partial charge in [0.25, 0.3) is 5.69 Å². The summed E-state index contributed by atoms with van der Waals surface area (Å²) in [5.74, 6) is 1.30. The fourth-order valence-electron chi connectivity index (χ4n) is 2.90. The second kappa shape index (κ2) is 4.18. The van der Waals surface area contributed by atoms with Crippen molar-refractivity contribution in [3.05, 3.63) is 27.9 Å². The molecule has 1 aromatic rings. The van der Waals surface area contributed by atoms with E-state index in [1.165, 1.54) is 6.07 Å². The second-order valence-corrected chi connectivity index (χ2v) is 6.43. The van der Waals surface area contributed by atoms with Crippen molar-refractivity contribution >= 4 is 11.5 Å². The fourth-order valence-corrected chi connectivity index (χ4v) is 2.90. The first kappa shape index (κ1) is 13.8. The fraction of sp³-hybridized carbons (Fsp3) is 0.643. The van der Waals surface area contributed by atoms with Gasteiger partial charge in [0.1, 0.15) is 11.5 Å². The van der Waals surface area contributed by atoms with Crippen LogP contribution in [0.25, 0.3) is 0 Å². The Morgan fingerprint density at radius 1 is 1.32 bits per heavy atom. The molecule has 1 N–H and O–H groups in total. The number of nitro groups is 1. The van der Waals surface area contributed by atoms with Crippen LogP contribution in [0.5, 0.6) is 0 Å². The Hall–Kier alpha value is -1.65. The van der Waals surface area contributed by atoms with Gasteiger partial charge in [0.05, 0.1) is 4.92 Å². The molecule has 0 saturated heterocycles. The summed E-state index contributed by atoms with van der Waals surface area (Å²) in [6.07, 6.45) is 0. The maximum absolute atomic E-state index is 10.7. The molecule has 0 aliphatic heterocycles. The van der Waals surface area contributed by atoms with Gasteiger partial charge in [0.15, 0.2) is 0 Å². The van der Waals surface area contributed by atoms with E-state index in [0.29, 0.717) is 28.3 Å². The third-order valence-electron chi connectivity index (χ3n) is 5.06. The zero-order chi connectivity index (χ0) is 14.4. The molecule has 1 aliphatic rings. The van der Waals surface area contributed by atoms with Crippen LogP contribution in [-0.2, 0) is 0 Å². The van der Waals surface area contributed by atoms with Crippen molar-refractivity contribution in [2.75, 3.05) is 11.9 Å². The Kier molecular flexibility index (Phi) is 3.03. The summed E-state index contributed by atoms with van der Waals surface area (Å²) < 4.78 is 0. The molecule has 19 heavy (non-hydrogen) atoms. The highest BCUT2D eigenvalue weighted by Crippen LogP contribution is 2.68. The molecule has 104 valence electrons. The smallest absolute Gasteiger partial charge is 0.290 e. The van der Waals surface area contributed by atoms with E-state index in [-0.39, 0.29) is 5.69 Å². The molecule has 5 heteroatoms. The van der Waals surface area contributed by atoms with E-state index < -0.39 is 4.92 Å². The Morgan fingerprint density at radius 2 is 1.89 bits per heavy atom. The van der Waals surface area contributed by atoms with Gasteiger partial charge in [-0.25, -0.2) is 4.98 Å². The molecule has 0 unspecified atom stereocenters. The second-order valence-electron chi connectivity index (χ2n) is 6.43. The van der Waals surface area contributed by atoms with Crippen molar-refractivity contribution in [3.63, 3.8) is 0 Å². The lowest BCUT2D eigenvalue weighted by Gasteiger charge is -2.07. The molecule has 1 aromatic heterocycles. The largest absolute Gasteiger partial charge is 0.370 e. The van der Waals surface area contributed by atoms with E-state index in [4.69, 9.17) is 0 Å². The van der Waals surface area contributed by atoms with Gasteiger partial charge in [-0.2, -0.15) is 0 Å². The normalized spacial score (nSPS) is 20.1. The third-order valence-corrected chi connectivity index (χ3v) is 5.06. The van der Waals surface area contributed by atoms with Crippen LogP contribution < -0.4 is 5.32 Å². The molecule has 0 bridgehead atoms. The van der Waals surface area contributed by atoms with E-state index in [9.17, 15) is 10.1 Å². The molecule has 5 nitrogen and oxygen atoms in total. The van der Waals surface area contributed by atoms with E-state index in [1.54, 1.807) is 13.0 Å². The molecule has 1 heterocycles. The SMILES string of the molecule is Cc1nc(NCC2C(C)(C)C2(C)C)ccc1[N+](=O)[O-]. The molecule has 0 spiro atoms. The minimum Gasteiger partial charge on any atom is -0.370 e. The number of aryl methyl sites for hydroxylation is 1. The van der Waals surface area contributed by atoms with Gasteiger partial charge in [-0.3, -0.25) is 10.1 Å². The Morgan fingerprint density at radius 3 is 2.32 bits per heavy atom. The van der Waals surface area contributed by atoms with Crippen LogP contribution in [0.15, 0.2) is 12.1 Å². The lowest BCUT2D eigenvalue weighted by molar-refractivity contribution is -0.385. The van der Waals surface area contributed by atoms with E-state index in [1.807, 2.05) is 0 Å². The number of hydrogen-bond donors (Lipinski definition) is 1. The van der Waals surface area contributed by atoms with Crippen molar-refractivity contribution < 1.29 is 4.92 Å². The summed E-state index contributed by atoms with van der Waals surface area (Å²) in [7, 11) is 0. The van der Waals surface area contributed by atoms with Crippen LogP contribution in [0.1, 0.15) is 33.4 Å². The molecule has 0 radical (unpaired) electrons. The minimum absolute atomic E-state index is 0.0673. The highest BCUT2D eigenvalue weighted by molar-refractivity contribution is 5.45. The van der Waals surface area contributed by atoms with Crippen LogP contribution >= 0.6 is 0 Å². The molecule has 1 saturated carbocycles. The zero-order valence-electron chi connectivity index (χ0n) is 12.2. The average molecular weight is 263 g/mol. The van der Waals surface area contributed by atoms with Gasteiger partial charge in [-0.1, -0.05) is 27.7 Å². The van der Waals surface area contributed by atoms with Gasteiger partial charge in [0.2, 0.25) is 0 Å². The Balaban J connectivity index is 2.02. The van der Waals surface area contributed by atoms with E-state index >= 15 is 0 Å². The van der Waals surface area contributed by atoms with Crippen molar-refractivity contribution in [1.82, 2.24) is 4.98 Å².